The van der Waals surface area contributed by atoms with Gasteiger partial charge in [0.25, 0.3) is 5.91 Å². The summed E-state index contributed by atoms with van der Waals surface area (Å²) in [5, 5.41) is 9.29. The van der Waals surface area contributed by atoms with Crippen molar-refractivity contribution < 1.29 is 19.4 Å². The summed E-state index contributed by atoms with van der Waals surface area (Å²) in [7, 11) is 0. The second kappa shape index (κ2) is 5.93. The third-order valence-corrected chi connectivity index (χ3v) is 4.17. The van der Waals surface area contributed by atoms with Crippen molar-refractivity contribution in [2.24, 2.45) is 5.92 Å². The third-order valence-electron chi connectivity index (χ3n) is 4.17. The highest BCUT2D eigenvalue weighted by Crippen LogP contribution is 2.34. The number of hydrogen-bond acceptors (Lipinski definition) is 4. The molecule has 3 unspecified atom stereocenters. The fourth-order valence-corrected chi connectivity index (χ4v) is 2.98. The van der Waals surface area contributed by atoms with Gasteiger partial charge in [0.2, 0.25) is 6.10 Å². The molecule has 0 aromatic heterocycles. The van der Waals surface area contributed by atoms with Crippen molar-refractivity contribution in [1.82, 2.24) is 4.90 Å². The molecule has 2 aliphatic rings. The van der Waals surface area contributed by atoms with Crippen LogP contribution in [0, 0.1) is 5.92 Å². The summed E-state index contributed by atoms with van der Waals surface area (Å²) in [4.78, 5) is 14.5. The fourth-order valence-electron chi connectivity index (χ4n) is 2.98. The summed E-state index contributed by atoms with van der Waals surface area (Å²) in [6.45, 7) is 3.31. The highest BCUT2D eigenvalue weighted by Gasteiger charge is 2.38. The molecular weight excluding hydrogens is 270 g/mol. The van der Waals surface area contributed by atoms with Crippen LogP contribution in [-0.2, 0) is 4.79 Å². The number of rotatable bonds is 2. The standard InChI is InChI=1S/C16H21NO4/c1-11-15(21-14-7-3-2-6-13(14)20-11)16(19)17-8-4-5-12(9-17)10-18/h2-3,6-7,11-12,15,18H,4-5,8-10H2,1H3. The number of benzene rings is 1. The Labute approximate surface area is 124 Å². The summed E-state index contributed by atoms with van der Waals surface area (Å²) in [6.07, 6.45) is 0.968. The fraction of sp³-hybridized carbons (Fsp3) is 0.562. The molecule has 1 saturated heterocycles. The topological polar surface area (TPSA) is 59.0 Å². The molecule has 5 heteroatoms. The molecule has 1 aromatic rings. The molecule has 5 nitrogen and oxygen atoms in total. The molecule has 0 spiro atoms. The Bertz CT molecular complexity index is 519. The summed E-state index contributed by atoms with van der Waals surface area (Å²) < 4.78 is 11.6. The summed E-state index contributed by atoms with van der Waals surface area (Å²) >= 11 is 0. The van der Waals surface area contributed by atoms with Crippen LogP contribution in [0.5, 0.6) is 11.5 Å². The summed E-state index contributed by atoms with van der Waals surface area (Å²) in [5.74, 6) is 1.43. The van der Waals surface area contributed by atoms with E-state index in [1.54, 1.807) is 4.90 Å². The molecule has 0 aliphatic carbocycles. The Kier molecular flexibility index (Phi) is 4.01. The average Bonchev–Trinajstić information content (AvgIpc) is 2.53. The second-order valence-corrected chi connectivity index (χ2v) is 5.78. The van der Waals surface area contributed by atoms with Crippen LogP contribution in [0.2, 0.25) is 0 Å². The third kappa shape index (κ3) is 2.83. The maximum Gasteiger partial charge on any atom is 0.267 e. The number of fused-ring (bicyclic) bond motifs is 1. The first-order chi connectivity index (χ1) is 10.2. The van der Waals surface area contributed by atoms with Crippen LogP contribution in [0.25, 0.3) is 0 Å². The van der Waals surface area contributed by atoms with E-state index in [9.17, 15) is 9.90 Å². The van der Waals surface area contributed by atoms with Gasteiger partial charge < -0.3 is 19.5 Å². The number of carbonyl (C=O) groups is 1. The van der Waals surface area contributed by atoms with E-state index in [0.717, 1.165) is 19.4 Å². The van der Waals surface area contributed by atoms with Crippen LogP contribution in [0.1, 0.15) is 19.8 Å². The van der Waals surface area contributed by atoms with E-state index in [0.29, 0.717) is 18.0 Å². The first-order valence-corrected chi connectivity index (χ1v) is 7.51. The Morgan fingerprint density at radius 2 is 2.05 bits per heavy atom. The van der Waals surface area contributed by atoms with Crippen LogP contribution in [-0.4, -0.2) is 47.8 Å². The number of piperidine rings is 1. The molecule has 2 aliphatic heterocycles. The van der Waals surface area contributed by atoms with Crippen LogP contribution in [0.3, 0.4) is 0 Å². The SMILES string of the molecule is CC1Oc2ccccc2OC1C(=O)N1CCCC(CO)C1. The molecule has 1 aromatic carbocycles. The number of aliphatic hydroxyl groups is 1. The highest BCUT2D eigenvalue weighted by molar-refractivity contribution is 5.82. The minimum absolute atomic E-state index is 0.0462. The minimum atomic E-state index is -0.614. The zero-order valence-corrected chi connectivity index (χ0v) is 12.2. The predicted molar refractivity (Wildman–Crippen MR) is 77.3 cm³/mol. The summed E-state index contributed by atoms with van der Waals surface area (Å²) in [6, 6.07) is 7.40. The van der Waals surface area contributed by atoms with Gasteiger partial charge in [-0.15, -0.1) is 0 Å². The van der Waals surface area contributed by atoms with Gasteiger partial charge in [0.05, 0.1) is 0 Å². The predicted octanol–water partition coefficient (Wildman–Crippen LogP) is 1.45. The van der Waals surface area contributed by atoms with E-state index < -0.39 is 6.10 Å². The van der Waals surface area contributed by atoms with Gasteiger partial charge in [0, 0.05) is 19.7 Å². The number of carbonyl (C=O) groups excluding carboxylic acids is 1. The molecule has 1 amide bonds. The molecule has 2 heterocycles. The first-order valence-electron chi connectivity index (χ1n) is 7.51. The zero-order chi connectivity index (χ0) is 14.8. The van der Waals surface area contributed by atoms with E-state index in [1.165, 1.54) is 0 Å². The van der Waals surface area contributed by atoms with Crippen LogP contribution >= 0.6 is 0 Å². The van der Waals surface area contributed by atoms with Crippen molar-refractivity contribution >= 4 is 5.91 Å². The van der Waals surface area contributed by atoms with Gasteiger partial charge in [0.15, 0.2) is 11.5 Å². The lowest BCUT2D eigenvalue weighted by Crippen LogP contribution is -2.53. The van der Waals surface area contributed by atoms with Crippen LogP contribution < -0.4 is 9.47 Å². The molecule has 3 rings (SSSR count). The van der Waals surface area contributed by atoms with Gasteiger partial charge in [-0.1, -0.05) is 12.1 Å². The van der Waals surface area contributed by atoms with Crippen molar-refractivity contribution in [2.75, 3.05) is 19.7 Å². The van der Waals surface area contributed by atoms with Gasteiger partial charge in [-0.3, -0.25) is 4.79 Å². The van der Waals surface area contributed by atoms with Crippen molar-refractivity contribution in [3.8, 4) is 11.5 Å². The molecule has 1 N–H and O–H groups in total. The second-order valence-electron chi connectivity index (χ2n) is 5.78. The zero-order valence-electron chi connectivity index (χ0n) is 12.2. The van der Waals surface area contributed by atoms with Crippen molar-refractivity contribution in [3.05, 3.63) is 24.3 Å². The Morgan fingerprint density at radius 3 is 2.76 bits per heavy atom. The van der Waals surface area contributed by atoms with Gasteiger partial charge in [-0.2, -0.15) is 0 Å². The Morgan fingerprint density at radius 1 is 1.33 bits per heavy atom. The highest BCUT2D eigenvalue weighted by atomic mass is 16.6. The average molecular weight is 291 g/mol. The number of amides is 1. The van der Waals surface area contributed by atoms with E-state index >= 15 is 0 Å². The number of aliphatic hydroxyl groups excluding tert-OH is 1. The Balaban J connectivity index is 1.73. The molecular formula is C16H21NO4. The number of likely N-dealkylation sites (tertiary alicyclic amines) is 1. The van der Waals surface area contributed by atoms with Gasteiger partial charge in [-0.25, -0.2) is 0 Å². The first kappa shape index (κ1) is 14.2. The van der Waals surface area contributed by atoms with Crippen molar-refractivity contribution in [1.29, 1.82) is 0 Å². The van der Waals surface area contributed by atoms with Crippen molar-refractivity contribution in [2.45, 2.75) is 32.0 Å². The van der Waals surface area contributed by atoms with E-state index in [2.05, 4.69) is 0 Å². The summed E-state index contributed by atoms with van der Waals surface area (Å²) in [5.41, 5.74) is 0. The van der Waals surface area contributed by atoms with Crippen LogP contribution in [0.15, 0.2) is 24.3 Å². The van der Waals surface area contributed by atoms with Crippen LogP contribution in [0.4, 0.5) is 0 Å². The molecule has 3 atom stereocenters. The van der Waals surface area contributed by atoms with E-state index in [-0.39, 0.29) is 24.5 Å². The monoisotopic (exact) mass is 291 g/mol. The lowest BCUT2D eigenvalue weighted by atomic mass is 9.98. The maximum atomic E-state index is 12.7. The molecule has 0 bridgehead atoms. The van der Waals surface area contributed by atoms with E-state index in [4.69, 9.17) is 9.47 Å². The lowest BCUT2D eigenvalue weighted by molar-refractivity contribution is -0.146. The minimum Gasteiger partial charge on any atom is -0.482 e. The number of para-hydroxylation sites is 2. The number of nitrogens with zero attached hydrogens (tertiary/aromatic N) is 1. The van der Waals surface area contributed by atoms with Gasteiger partial charge in [0.1, 0.15) is 6.10 Å². The molecule has 114 valence electrons. The van der Waals surface area contributed by atoms with Gasteiger partial charge in [-0.05, 0) is 37.8 Å². The molecule has 0 saturated carbocycles. The number of hydrogen-bond donors (Lipinski definition) is 1. The van der Waals surface area contributed by atoms with Gasteiger partial charge >= 0.3 is 0 Å². The maximum absolute atomic E-state index is 12.7. The molecule has 1 fully saturated rings. The lowest BCUT2D eigenvalue weighted by Gasteiger charge is -2.37. The Hall–Kier alpha value is -1.75. The quantitative estimate of drug-likeness (QED) is 0.896. The smallest absolute Gasteiger partial charge is 0.267 e. The van der Waals surface area contributed by atoms with Crippen molar-refractivity contribution in [3.63, 3.8) is 0 Å². The number of ether oxygens (including phenoxy) is 2. The molecule has 0 radical (unpaired) electrons. The largest absolute Gasteiger partial charge is 0.482 e. The van der Waals surface area contributed by atoms with E-state index in [1.807, 2.05) is 31.2 Å². The normalized spacial score (nSPS) is 28.3. The molecule has 21 heavy (non-hydrogen) atoms.